The van der Waals surface area contributed by atoms with E-state index in [1.165, 1.54) is 0 Å². The van der Waals surface area contributed by atoms with Crippen molar-refractivity contribution in [2.45, 2.75) is 36.9 Å². The molecule has 0 N–H and O–H groups in total. The molecule has 0 aromatic carbocycles. The summed E-state index contributed by atoms with van der Waals surface area (Å²) in [5, 5.41) is 0.406. The van der Waals surface area contributed by atoms with E-state index in [2.05, 4.69) is 51.5 Å². The van der Waals surface area contributed by atoms with Gasteiger partial charge in [-0.3, -0.25) is 4.79 Å². The quantitative estimate of drug-likeness (QED) is 0.372. The summed E-state index contributed by atoms with van der Waals surface area (Å²) in [6.07, 6.45) is 0. The molecule has 0 aliphatic heterocycles. The SMILES string of the molecule is CC(Br)(CBr)C(=O)OCC(=O)OCC[Si](C)(C)C. The van der Waals surface area contributed by atoms with E-state index < -0.39 is 24.3 Å². The second kappa shape index (κ2) is 7.64. The molecule has 0 saturated heterocycles. The number of esters is 2. The maximum atomic E-state index is 11.5. The van der Waals surface area contributed by atoms with Crippen molar-refractivity contribution >= 4 is 51.9 Å². The molecule has 0 spiro atoms. The Bertz CT molecular complexity index is 300. The summed E-state index contributed by atoms with van der Waals surface area (Å²) in [4.78, 5) is 22.9. The van der Waals surface area contributed by atoms with Gasteiger partial charge in [0, 0.05) is 13.4 Å². The van der Waals surface area contributed by atoms with Crippen LogP contribution in [-0.2, 0) is 19.1 Å². The van der Waals surface area contributed by atoms with Gasteiger partial charge in [-0.2, -0.15) is 0 Å². The molecule has 0 fully saturated rings. The molecule has 106 valence electrons. The predicted octanol–water partition coefficient (Wildman–Crippen LogP) is 2.96. The van der Waals surface area contributed by atoms with Crippen LogP contribution in [0.15, 0.2) is 0 Å². The largest absolute Gasteiger partial charge is 0.463 e. The van der Waals surface area contributed by atoms with Crippen LogP contribution in [0.4, 0.5) is 0 Å². The number of hydrogen-bond acceptors (Lipinski definition) is 4. The second-order valence-corrected chi connectivity index (χ2v) is 13.4. The lowest BCUT2D eigenvalue weighted by atomic mass is 10.2. The molecule has 0 heterocycles. The highest BCUT2D eigenvalue weighted by molar-refractivity contribution is 9.12. The monoisotopic (exact) mass is 402 g/mol. The van der Waals surface area contributed by atoms with E-state index in [0.717, 1.165) is 6.04 Å². The minimum absolute atomic E-state index is 0.335. The van der Waals surface area contributed by atoms with Crippen LogP contribution < -0.4 is 0 Å². The molecule has 1 unspecified atom stereocenters. The third-order valence-electron chi connectivity index (χ3n) is 2.11. The number of hydrogen-bond donors (Lipinski definition) is 0. The fraction of sp³-hybridized carbons (Fsp3) is 0.818. The second-order valence-electron chi connectivity index (χ2n) is 5.44. The number of alkyl halides is 2. The first-order valence-corrected chi connectivity index (χ1v) is 11.3. The van der Waals surface area contributed by atoms with E-state index in [1.807, 2.05) is 0 Å². The van der Waals surface area contributed by atoms with Gasteiger partial charge in [-0.15, -0.1) is 0 Å². The Balaban J connectivity index is 3.88. The lowest BCUT2D eigenvalue weighted by molar-refractivity contribution is -0.159. The molecule has 7 heteroatoms. The average molecular weight is 404 g/mol. The molecule has 1 atom stereocenters. The van der Waals surface area contributed by atoms with Crippen LogP contribution >= 0.6 is 31.9 Å². The normalized spacial score (nSPS) is 14.8. The summed E-state index contributed by atoms with van der Waals surface area (Å²) in [6, 6.07) is 0.907. The van der Waals surface area contributed by atoms with Gasteiger partial charge >= 0.3 is 11.9 Å². The van der Waals surface area contributed by atoms with E-state index in [4.69, 9.17) is 9.47 Å². The highest BCUT2D eigenvalue weighted by atomic mass is 79.9. The molecule has 0 aliphatic rings. The van der Waals surface area contributed by atoms with E-state index in [1.54, 1.807) is 6.92 Å². The van der Waals surface area contributed by atoms with Gasteiger partial charge in [0.15, 0.2) is 6.61 Å². The fourth-order valence-electron chi connectivity index (χ4n) is 0.842. The Labute approximate surface area is 126 Å². The van der Waals surface area contributed by atoms with Gasteiger partial charge in [-0.25, -0.2) is 4.79 Å². The van der Waals surface area contributed by atoms with Crippen LogP contribution in [0.2, 0.25) is 25.7 Å². The number of carbonyl (C=O) groups is 2. The maximum absolute atomic E-state index is 11.5. The molecule has 4 nitrogen and oxygen atoms in total. The number of rotatable bonds is 7. The number of ether oxygens (including phenoxy) is 2. The molecule has 0 aromatic rings. The molecule has 0 rings (SSSR count). The molecule has 0 radical (unpaired) electrons. The maximum Gasteiger partial charge on any atom is 0.344 e. The first-order valence-electron chi connectivity index (χ1n) is 5.66. The van der Waals surface area contributed by atoms with Gasteiger partial charge in [0.25, 0.3) is 0 Å². The first-order chi connectivity index (χ1) is 8.08. The summed E-state index contributed by atoms with van der Waals surface area (Å²) in [5.41, 5.74) is 0. The van der Waals surface area contributed by atoms with Crippen LogP contribution in [0.5, 0.6) is 0 Å². The van der Waals surface area contributed by atoms with Crippen molar-refractivity contribution in [3.63, 3.8) is 0 Å². The smallest absolute Gasteiger partial charge is 0.344 e. The summed E-state index contributed by atoms with van der Waals surface area (Å²) in [5.74, 6) is -0.985. The highest BCUT2D eigenvalue weighted by Gasteiger charge is 2.31. The first kappa shape index (κ1) is 18.1. The molecular formula is C11H20Br2O4Si. The number of halogens is 2. The third-order valence-corrected chi connectivity index (χ3v) is 6.29. The van der Waals surface area contributed by atoms with Gasteiger partial charge in [-0.05, 0) is 13.0 Å². The zero-order chi connectivity index (χ0) is 14.4. The summed E-state index contributed by atoms with van der Waals surface area (Å²) >= 11 is 6.39. The summed E-state index contributed by atoms with van der Waals surface area (Å²) in [6.45, 7) is 8.34. The summed E-state index contributed by atoms with van der Waals surface area (Å²) < 4.78 is 9.06. The summed E-state index contributed by atoms with van der Waals surface area (Å²) in [7, 11) is -1.20. The molecule has 0 aromatic heterocycles. The van der Waals surface area contributed by atoms with Gasteiger partial charge in [-0.1, -0.05) is 51.5 Å². The van der Waals surface area contributed by atoms with Crippen molar-refractivity contribution in [2.75, 3.05) is 18.5 Å². The molecule has 18 heavy (non-hydrogen) atoms. The van der Waals surface area contributed by atoms with E-state index in [-0.39, 0.29) is 6.61 Å². The fourth-order valence-corrected chi connectivity index (χ4v) is 1.90. The Hall–Kier alpha value is 0.117. The predicted molar refractivity (Wildman–Crippen MR) is 81.2 cm³/mol. The lowest BCUT2D eigenvalue weighted by Crippen LogP contribution is -2.34. The van der Waals surface area contributed by atoms with Gasteiger partial charge in [0.1, 0.15) is 4.32 Å². The molecule has 0 amide bonds. The molecule has 0 saturated carbocycles. The average Bonchev–Trinajstić information content (AvgIpc) is 2.24. The third kappa shape index (κ3) is 8.26. The van der Waals surface area contributed by atoms with Crippen molar-refractivity contribution in [3.05, 3.63) is 0 Å². The van der Waals surface area contributed by atoms with Crippen LogP contribution in [0.25, 0.3) is 0 Å². The minimum Gasteiger partial charge on any atom is -0.463 e. The van der Waals surface area contributed by atoms with Crippen molar-refractivity contribution in [3.8, 4) is 0 Å². The van der Waals surface area contributed by atoms with E-state index in [9.17, 15) is 9.59 Å². The van der Waals surface area contributed by atoms with Crippen LogP contribution in [0.1, 0.15) is 6.92 Å². The van der Waals surface area contributed by atoms with Crippen LogP contribution in [0, 0.1) is 0 Å². The topological polar surface area (TPSA) is 52.6 Å². The Kier molecular flexibility index (Phi) is 7.69. The molecule has 0 bridgehead atoms. The van der Waals surface area contributed by atoms with Gasteiger partial charge in [0.2, 0.25) is 0 Å². The van der Waals surface area contributed by atoms with Gasteiger partial charge < -0.3 is 9.47 Å². The van der Waals surface area contributed by atoms with E-state index in [0.29, 0.717) is 11.9 Å². The minimum atomic E-state index is -1.20. The molecule has 0 aliphatic carbocycles. The van der Waals surface area contributed by atoms with Gasteiger partial charge in [0.05, 0.1) is 6.61 Å². The zero-order valence-electron chi connectivity index (χ0n) is 11.2. The molecular weight excluding hydrogens is 384 g/mol. The zero-order valence-corrected chi connectivity index (χ0v) is 15.4. The Morgan fingerprint density at radius 2 is 1.78 bits per heavy atom. The van der Waals surface area contributed by atoms with Crippen LogP contribution in [-0.4, -0.2) is 42.9 Å². The number of carbonyl (C=O) groups excluding carboxylic acids is 2. The van der Waals surface area contributed by atoms with Crippen molar-refractivity contribution in [1.82, 2.24) is 0 Å². The van der Waals surface area contributed by atoms with E-state index >= 15 is 0 Å². The lowest BCUT2D eigenvalue weighted by Gasteiger charge is -2.18. The highest BCUT2D eigenvalue weighted by Crippen LogP contribution is 2.21. The Morgan fingerprint density at radius 1 is 1.22 bits per heavy atom. The van der Waals surface area contributed by atoms with Crippen molar-refractivity contribution in [2.24, 2.45) is 0 Å². The Morgan fingerprint density at radius 3 is 2.22 bits per heavy atom. The van der Waals surface area contributed by atoms with Crippen molar-refractivity contribution < 1.29 is 19.1 Å². The standard InChI is InChI=1S/C11H20Br2O4Si/c1-11(13,8-12)10(15)17-7-9(14)16-5-6-18(2,3)4/h5-8H2,1-4H3. The van der Waals surface area contributed by atoms with Crippen LogP contribution in [0.3, 0.4) is 0 Å². The van der Waals surface area contributed by atoms with Crippen molar-refractivity contribution in [1.29, 1.82) is 0 Å².